The molecule has 0 bridgehead atoms. The first kappa shape index (κ1) is 20.9. The van der Waals surface area contributed by atoms with Gasteiger partial charge in [-0.25, -0.2) is 5.43 Å². The first-order valence-electron chi connectivity index (χ1n) is 9.76. The molecule has 148 valence electrons. The van der Waals surface area contributed by atoms with Crippen LogP contribution in [0.1, 0.15) is 52.4 Å². The van der Waals surface area contributed by atoms with Crippen molar-refractivity contribution in [3.63, 3.8) is 0 Å². The van der Waals surface area contributed by atoms with E-state index < -0.39 is 0 Å². The number of amides is 1. The predicted molar refractivity (Wildman–Crippen MR) is 123 cm³/mol. The summed E-state index contributed by atoms with van der Waals surface area (Å²) in [7, 11) is 0. The molecule has 3 aromatic rings. The van der Waals surface area contributed by atoms with Crippen molar-refractivity contribution in [3.8, 4) is 0 Å². The van der Waals surface area contributed by atoms with E-state index in [1.807, 2.05) is 54.2 Å². The van der Waals surface area contributed by atoms with E-state index in [0.717, 1.165) is 17.1 Å². The third-order valence-electron chi connectivity index (χ3n) is 4.58. The van der Waals surface area contributed by atoms with Gasteiger partial charge in [0.25, 0.3) is 5.91 Å². The quantitative estimate of drug-likeness (QED) is 0.370. The maximum atomic E-state index is 12.3. The SMILES string of the molecule is CC(C)c1ccc(/C=N\NC(=O)c2ccc(CSCc3ccccc3)cc2)cc1. The Morgan fingerprint density at radius 3 is 2.14 bits per heavy atom. The zero-order chi connectivity index (χ0) is 20.5. The molecule has 3 rings (SSSR count). The average molecular weight is 403 g/mol. The van der Waals surface area contributed by atoms with Crippen molar-refractivity contribution >= 4 is 23.9 Å². The normalized spacial score (nSPS) is 11.1. The molecule has 0 radical (unpaired) electrons. The van der Waals surface area contributed by atoms with Crippen molar-refractivity contribution in [1.29, 1.82) is 0 Å². The topological polar surface area (TPSA) is 41.5 Å². The summed E-state index contributed by atoms with van der Waals surface area (Å²) in [6.45, 7) is 4.33. The molecule has 3 nitrogen and oxygen atoms in total. The van der Waals surface area contributed by atoms with Crippen molar-refractivity contribution in [2.45, 2.75) is 31.3 Å². The second-order valence-corrected chi connectivity index (χ2v) is 8.18. The third kappa shape index (κ3) is 6.61. The van der Waals surface area contributed by atoms with E-state index in [-0.39, 0.29) is 5.91 Å². The van der Waals surface area contributed by atoms with Gasteiger partial charge in [-0.1, -0.05) is 80.6 Å². The molecule has 0 aliphatic rings. The van der Waals surface area contributed by atoms with Crippen molar-refractivity contribution in [1.82, 2.24) is 5.43 Å². The van der Waals surface area contributed by atoms with Crippen LogP contribution in [0.4, 0.5) is 0 Å². The fourth-order valence-corrected chi connectivity index (χ4v) is 3.77. The van der Waals surface area contributed by atoms with E-state index >= 15 is 0 Å². The summed E-state index contributed by atoms with van der Waals surface area (Å²) >= 11 is 1.86. The molecule has 0 aliphatic heterocycles. The van der Waals surface area contributed by atoms with Crippen LogP contribution >= 0.6 is 11.8 Å². The molecule has 29 heavy (non-hydrogen) atoms. The van der Waals surface area contributed by atoms with Crippen molar-refractivity contribution in [3.05, 3.63) is 107 Å². The van der Waals surface area contributed by atoms with Gasteiger partial charge in [0.1, 0.15) is 0 Å². The minimum Gasteiger partial charge on any atom is -0.267 e. The monoisotopic (exact) mass is 402 g/mol. The highest BCUT2D eigenvalue weighted by atomic mass is 32.2. The first-order valence-corrected chi connectivity index (χ1v) is 10.9. The lowest BCUT2D eigenvalue weighted by Crippen LogP contribution is -2.17. The zero-order valence-electron chi connectivity index (χ0n) is 16.8. The smallest absolute Gasteiger partial charge is 0.267 e. The summed E-state index contributed by atoms with van der Waals surface area (Å²) in [5, 5.41) is 4.07. The Bertz CT molecular complexity index is 933. The van der Waals surface area contributed by atoms with Gasteiger partial charge in [0.2, 0.25) is 0 Å². The minimum absolute atomic E-state index is 0.205. The molecule has 0 saturated carbocycles. The molecule has 0 aromatic heterocycles. The van der Waals surface area contributed by atoms with E-state index in [1.54, 1.807) is 6.21 Å². The van der Waals surface area contributed by atoms with Crippen molar-refractivity contribution < 1.29 is 4.79 Å². The van der Waals surface area contributed by atoms with Crippen LogP contribution < -0.4 is 5.43 Å². The van der Waals surface area contributed by atoms with Gasteiger partial charge < -0.3 is 0 Å². The van der Waals surface area contributed by atoms with Crippen molar-refractivity contribution in [2.24, 2.45) is 5.10 Å². The Morgan fingerprint density at radius 2 is 1.52 bits per heavy atom. The van der Waals surface area contributed by atoms with Gasteiger partial charge in [0, 0.05) is 17.1 Å². The third-order valence-corrected chi connectivity index (χ3v) is 5.65. The van der Waals surface area contributed by atoms with Gasteiger partial charge in [-0.3, -0.25) is 4.79 Å². The van der Waals surface area contributed by atoms with Crippen LogP contribution in [0.25, 0.3) is 0 Å². The predicted octanol–water partition coefficient (Wildman–Crippen LogP) is 6.01. The lowest BCUT2D eigenvalue weighted by atomic mass is 10.0. The van der Waals surface area contributed by atoms with Gasteiger partial charge in [-0.15, -0.1) is 0 Å². The standard InChI is InChI=1S/C25H26N2OS/c1-19(2)23-12-8-20(9-13-23)16-26-27-25(28)24-14-10-22(11-15-24)18-29-17-21-6-4-3-5-7-21/h3-16,19H,17-18H2,1-2H3,(H,27,28)/b26-16-. The molecule has 0 heterocycles. The van der Waals surface area contributed by atoms with Crippen LogP contribution in [0.3, 0.4) is 0 Å². The summed E-state index contributed by atoms with van der Waals surface area (Å²) in [6.07, 6.45) is 1.66. The lowest BCUT2D eigenvalue weighted by molar-refractivity contribution is 0.0955. The molecule has 0 atom stereocenters. The van der Waals surface area contributed by atoms with Gasteiger partial charge in [0.15, 0.2) is 0 Å². The largest absolute Gasteiger partial charge is 0.271 e. The number of nitrogens with one attached hydrogen (secondary N) is 1. The van der Waals surface area contributed by atoms with Crippen LogP contribution in [0.5, 0.6) is 0 Å². The van der Waals surface area contributed by atoms with Crippen LogP contribution in [0.15, 0.2) is 84.0 Å². The summed E-state index contributed by atoms with van der Waals surface area (Å²) in [5.74, 6) is 2.20. The molecule has 0 spiro atoms. The number of rotatable bonds is 8. The number of carbonyl (C=O) groups excluding carboxylic acids is 1. The fourth-order valence-electron chi connectivity index (χ4n) is 2.81. The van der Waals surface area contributed by atoms with Crippen LogP contribution in [0.2, 0.25) is 0 Å². The molecule has 4 heteroatoms. The molecule has 0 saturated heterocycles. The zero-order valence-corrected chi connectivity index (χ0v) is 17.7. The number of thioether (sulfide) groups is 1. The highest BCUT2D eigenvalue weighted by molar-refractivity contribution is 7.97. The molecule has 0 unspecified atom stereocenters. The number of carbonyl (C=O) groups is 1. The van der Waals surface area contributed by atoms with Crippen LogP contribution in [0, 0.1) is 0 Å². The van der Waals surface area contributed by atoms with E-state index in [9.17, 15) is 4.79 Å². The highest BCUT2D eigenvalue weighted by Crippen LogP contribution is 2.18. The summed E-state index contributed by atoms with van der Waals surface area (Å²) in [5.41, 5.74) is 7.97. The summed E-state index contributed by atoms with van der Waals surface area (Å²) in [6, 6.07) is 26.3. The Balaban J connectivity index is 1.47. The average Bonchev–Trinajstić information content (AvgIpc) is 2.75. The van der Waals surface area contributed by atoms with Crippen molar-refractivity contribution in [2.75, 3.05) is 0 Å². The Morgan fingerprint density at radius 1 is 0.897 bits per heavy atom. The fraction of sp³-hybridized carbons (Fsp3) is 0.200. The van der Waals surface area contributed by atoms with Gasteiger partial charge in [0.05, 0.1) is 6.21 Å². The molecule has 0 fully saturated rings. The second kappa shape index (κ2) is 10.6. The molecule has 1 amide bonds. The minimum atomic E-state index is -0.205. The van der Waals surface area contributed by atoms with E-state index in [0.29, 0.717) is 11.5 Å². The Hall–Kier alpha value is -2.85. The lowest BCUT2D eigenvalue weighted by Gasteiger charge is -2.05. The Kier molecular flexibility index (Phi) is 7.65. The second-order valence-electron chi connectivity index (χ2n) is 7.20. The first-order chi connectivity index (χ1) is 14.1. The molecular formula is C25H26N2OS. The van der Waals surface area contributed by atoms with Gasteiger partial charge in [-0.05, 0) is 40.3 Å². The number of benzene rings is 3. The molecule has 1 N–H and O–H groups in total. The summed E-state index contributed by atoms with van der Waals surface area (Å²) < 4.78 is 0. The number of hydrazone groups is 1. The van der Waals surface area contributed by atoms with Crippen LogP contribution in [-0.4, -0.2) is 12.1 Å². The summed E-state index contributed by atoms with van der Waals surface area (Å²) in [4.78, 5) is 12.3. The van der Waals surface area contributed by atoms with Gasteiger partial charge in [-0.2, -0.15) is 16.9 Å². The number of hydrogen-bond acceptors (Lipinski definition) is 3. The van der Waals surface area contributed by atoms with Crippen LogP contribution in [-0.2, 0) is 11.5 Å². The van der Waals surface area contributed by atoms with E-state index in [4.69, 9.17) is 0 Å². The molecular weight excluding hydrogens is 376 g/mol. The Labute approximate surface area is 177 Å². The van der Waals surface area contributed by atoms with E-state index in [1.165, 1.54) is 16.7 Å². The number of hydrogen-bond donors (Lipinski definition) is 1. The number of nitrogens with zero attached hydrogens (tertiary/aromatic N) is 1. The molecule has 3 aromatic carbocycles. The maximum Gasteiger partial charge on any atom is 0.271 e. The molecule has 0 aliphatic carbocycles. The van der Waals surface area contributed by atoms with Gasteiger partial charge >= 0.3 is 0 Å². The van der Waals surface area contributed by atoms with E-state index in [2.05, 4.69) is 60.8 Å². The highest BCUT2D eigenvalue weighted by Gasteiger charge is 2.04. The maximum absolute atomic E-state index is 12.3.